The molecule has 29 heavy (non-hydrogen) atoms. The Morgan fingerprint density at radius 3 is 2.38 bits per heavy atom. The summed E-state index contributed by atoms with van der Waals surface area (Å²) < 4.78 is 5.63. The molecule has 2 atom stereocenters. The van der Waals surface area contributed by atoms with Gasteiger partial charge in [0.25, 0.3) is 0 Å². The molecular weight excluding hydrogens is 362 g/mol. The van der Waals surface area contributed by atoms with Gasteiger partial charge < -0.3 is 15.1 Å². The Bertz CT molecular complexity index is 799. The average molecular weight is 398 g/mol. The molecule has 2 heterocycles. The Labute approximate surface area is 174 Å². The number of aliphatic imine (C=N–C) groups is 1. The molecule has 6 heteroatoms. The van der Waals surface area contributed by atoms with Crippen LogP contribution >= 0.6 is 0 Å². The number of oxazole rings is 1. The van der Waals surface area contributed by atoms with Crippen molar-refractivity contribution in [2.75, 3.05) is 20.1 Å². The van der Waals surface area contributed by atoms with Crippen molar-refractivity contribution in [2.24, 2.45) is 16.8 Å². The monoisotopic (exact) mass is 397 g/mol. The molecule has 1 aromatic heterocycles. The molecule has 0 saturated carbocycles. The van der Waals surface area contributed by atoms with Crippen molar-refractivity contribution in [1.29, 1.82) is 0 Å². The summed E-state index contributed by atoms with van der Waals surface area (Å²) in [6, 6.07) is 8.69. The summed E-state index contributed by atoms with van der Waals surface area (Å²) in [5.41, 5.74) is 3.62. The highest BCUT2D eigenvalue weighted by molar-refractivity contribution is 5.79. The maximum absolute atomic E-state index is 5.63. The number of aryl methyl sites for hydroxylation is 2. The van der Waals surface area contributed by atoms with E-state index in [0.717, 1.165) is 42.3 Å². The van der Waals surface area contributed by atoms with Crippen LogP contribution in [0.15, 0.2) is 33.7 Å². The molecule has 0 spiro atoms. The number of hydrogen-bond donors (Lipinski definition) is 2. The van der Waals surface area contributed by atoms with E-state index in [9.17, 15) is 0 Å². The van der Waals surface area contributed by atoms with Gasteiger partial charge in [-0.05, 0) is 43.2 Å². The number of benzene rings is 1. The Kier molecular flexibility index (Phi) is 7.31. The number of guanidine groups is 1. The molecule has 2 aromatic rings. The van der Waals surface area contributed by atoms with Crippen LogP contribution in [0.5, 0.6) is 0 Å². The summed E-state index contributed by atoms with van der Waals surface area (Å²) in [4.78, 5) is 11.3. The first-order valence-electron chi connectivity index (χ1n) is 10.6. The van der Waals surface area contributed by atoms with Crippen LogP contribution in [0.2, 0.25) is 0 Å². The van der Waals surface area contributed by atoms with Gasteiger partial charge in [-0.15, -0.1) is 0 Å². The molecule has 158 valence electrons. The Morgan fingerprint density at radius 1 is 1.10 bits per heavy atom. The lowest BCUT2D eigenvalue weighted by atomic mass is 9.91. The Balaban J connectivity index is 1.56. The minimum atomic E-state index is 0.513. The highest BCUT2D eigenvalue weighted by Crippen LogP contribution is 2.23. The third-order valence-corrected chi connectivity index (χ3v) is 5.61. The molecule has 0 bridgehead atoms. The van der Waals surface area contributed by atoms with E-state index in [1.165, 1.54) is 30.6 Å². The molecule has 2 N–H and O–H groups in total. The molecule has 1 aliphatic rings. The van der Waals surface area contributed by atoms with Gasteiger partial charge in [-0.1, -0.05) is 38.1 Å². The minimum Gasteiger partial charge on any atom is -0.444 e. The van der Waals surface area contributed by atoms with Crippen LogP contribution in [0.1, 0.15) is 48.7 Å². The highest BCUT2D eigenvalue weighted by Gasteiger charge is 2.22. The first kappa shape index (κ1) is 21.4. The first-order valence-corrected chi connectivity index (χ1v) is 10.6. The molecule has 3 rings (SSSR count). The van der Waals surface area contributed by atoms with Crippen molar-refractivity contribution in [2.45, 2.75) is 53.8 Å². The van der Waals surface area contributed by atoms with Gasteiger partial charge in [0.1, 0.15) is 5.76 Å². The number of likely N-dealkylation sites (tertiary alicyclic amines) is 1. The van der Waals surface area contributed by atoms with Crippen molar-refractivity contribution in [3.8, 4) is 0 Å². The maximum Gasteiger partial charge on any atom is 0.214 e. The summed E-state index contributed by atoms with van der Waals surface area (Å²) in [5.74, 6) is 3.83. The van der Waals surface area contributed by atoms with Crippen molar-refractivity contribution in [3.05, 3.63) is 52.7 Å². The summed E-state index contributed by atoms with van der Waals surface area (Å²) in [7, 11) is 1.78. The van der Waals surface area contributed by atoms with Crippen molar-refractivity contribution in [1.82, 2.24) is 20.5 Å². The van der Waals surface area contributed by atoms with Gasteiger partial charge in [0.15, 0.2) is 5.96 Å². The largest absolute Gasteiger partial charge is 0.444 e. The van der Waals surface area contributed by atoms with E-state index >= 15 is 0 Å². The fraction of sp³-hybridized carbons (Fsp3) is 0.565. The van der Waals surface area contributed by atoms with Crippen molar-refractivity contribution >= 4 is 5.96 Å². The van der Waals surface area contributed by atoms with Crippen LogP contribution < -0.4 is 10.6 Å². The van der Waals surface area contributed by atoms with E-state index in [0.29, 0.717) is 12.4 Å². The topological polar surface area (TPSA) is 65.7 Å². The number of piperidine rings is 1. The summed E-state index contributed by atoms with van der Waals surface area (Å²) in [6.07, 6.45) is 1.34. The van der Waals surface area contributed by atoms with Gasteiger partial charge in [-0.25, -0.2) is 4.98 Å². The highest BCUT2D eigenvalue weighted by atomic mass is 16.4. The molecule has 6 nitrogen and oxygen atoms in total. The van der Waals surface area contributed by atoms with E-state index in [1.807, 2.05) is 13.8 Å². The second-order valence-electron chi connectivity index (χ2n) is 8.44. The van der Waals surface area contributed by atoms with Gasteiger partial charge >= 0.3 is 0 Å². The van der Waals surface area contributed by atoms with E-state index in [4.69, 9.17) is 4.42 Å². The number of nitrogens with zero attached hydrogens (tertiary/aromatic N) is 3. The number of nitrogens with one attached hydrogen (secondary N) is 2. The van der Waals surface area contributed by atoms with Crippen molar-refractivity contribution < 1.29 is 4.42 Å². The number of hydrogen-bond acceptors (Lipinski definition) is 4. The van der Waals surface area contributed by atoms with E-state index in [2.05, 4.69) is 63.6 Å². The molecule has 1 aliphatic heterocycles. The molecule has 0 radical (unpaired) electrons. The second-order valence-corrected chi connectivity index (χ2v) is 8.44. The lowest BCUT2D eigenvalue weighted by molar-refractivity contribution is 0.134. The summed E-state index contributed by atoms with van der Waals surface area (Å²) in [6.45, 7) is 13.2. The normalized spacial score (nSPS) is 20.7. The lowest BCUT2D eigenvalue weighted by Crippen LogP contribution is -2.39. The first-order chi connectivity index (χ1) is 13.9. The zero-order valence-electron chi connectivity index (χ0n) is 18.5. The maximum atomic E-state index is 5.63. The predicted octanol–water partition coefficient (Wildman–Crippen LogP) is 3.63. The van der Waals surface area contributed by atoms with E-state index in [-0.39, 0.29) is 0 Å². The van der Waals surface area contributed by atoms with Gasteiger partial charge in [0.05, 0.1) is 12.2 Å². The van der Waals surface area contributed by atoms with Crippen LogP contribution in [0, 0.1) is 25.7 Å². The summed E-state index contributed by atoms with van der Waals surface area (Å²) in [5, 5.41) is 6.70. The quantitative estimate of drug-likeness (QED) is 0.576. The smallest absolute Gasteiger partial charge is 0.214 e. The molecule has 1 fully saturated rings. The van der Waals surface area contributed by atoms with Crippen LogP contribution in [0.25, 0.3) is 0 Å². The second kappa shape index (κ2) is 9.92. The van der Waals surface area contributed by atoms with E-state index < -0.39 is 0 Å². The van der Waals surface area contributed by atoms with Gasteiger partial charge in [0.2, 0.25) is 5.89 Å². The van der Waals surface area contributed by atoms with Crippen LogP contribution in [0.4, 0.5) is 0 Å². The molecule has 1 aromatic carbocycles. The van der Waals surface area contributed by atoms with Gasteiger partial charge in [0, 0.05) is 33.2 Å². The Morgan fingerprint density at radius 2 is 1.76 bits per heavy atom. The number of aromatic nitrogens is 1. The molecule has 2 unspecified atom stereocenters. The number of rotatable bonds is 6. The van der Waals surface area contributed by atoms with Crippen LogP contribution in [0.3, 0.4) is 0 Å². The zero-order valence-corrected chi connectivity index (χ0v) is 18.5. The Hall–Kier alpha value is -2.34. The summed E-state index contributed by atoms with van der Waals surface area (Å²) >= 11 is 0. The zero-order chi connectivity index (χ0) is 20.8. The van der Waals surface area contributed by atoms with E-state index in [1.54, 1.807) is 7.05 Å². The molecular formula is C23H35N5O. The fourth-order valence-corrected chi connectivity index (χ4v) is 4.22. The molecule has 0 aliphatic carbocycles. The van der Waals surface area contributed by atoms with Gasteiger partial charge in [-0.2, -0.15) is 0 Å². The molecule has 0 amide bonds. The van der Waals surface area contributed by atoms with Gasteiger partial charge in [-0.3, -0.25) is 9.89 Å². The predicted molar refractivity (Wildman–Crippen MR) is 118 cm³/mol. The molecule has 1 saturated heterocycles. The average Bonchev–Trinajstić information content (AvgIpc) is 3.00. The SMILES string of the molecule is CN=C(NCc1nc(C)c(C)o1)NCc1ccccc1CN1CC(C)CC(C)C1. The van der Waals surface area contributed by atoms with Crippen LogP contribution in [-0.4, -0.2) is 36.0 Å². The third kappa shape index (κ3) is 6.07. The fourth-order valence-electron chi connectivity index (χ4n) is 4.22. The van der Waals surface area contributed by atoms with Crippen LogP contribution in [-0.2, 0) is 19.6 Å². The standard InChI is InChI=1S/C23H35N5O/c1-16-10-17(2)14-28(13-16)15-21-9-7-6-8-20(21)11-25-23(24-5)26-12-22-27-18(3)19(4)29-22/h6-9,16-17H,10-15H2,1-5H3,(H2,24,25,26). The minimum absolute atomic E-state index is 0.513. The third-order valence-electron chi connectivity index (χ3n) is 5.61. The van der Waals surface area contributed by atoms with Crippen molar-refractivity contribution in [3.63, 3.8) is 0 Å². The lowest BCUT2D eigenvalue weighted by Gasteiger charge is -2.35.